The standard InChI is InChI=1S/C13H24N2O3S/c1-13(2,5-3-8-16)10-14-11(17)4-6-15-7-9-19-12(15)18/h16H,3-10H2,1-2H3,(H,14,17). The molecule has 1 saturated heterocycles. The zero-order chi connectivity index (χ0) is 14.3. The van der Waals surface area contributed by atoms with Crippen LogP contribution >= 0.6 is 11.8 Å². The van der Waals surface area contributed by atoms with Crippen LogP contribution < -0.4 is 5.32 Å². The van der Waals surface area contributed by atoms with Crippen LogP contribution in [0.2, 0.25) is 0 Å². The van der Waals surface area contributed by atoms with Crippen LogP contribution in [0.4, 0.5) is 4.79 Å². The second kappa shape index (κ2) is 7.75. The van der Waals surface area contributed by atoms with Gasteiger partial charge in [0.1, 0.15) is 0 Å². The molecule has 0 spiro atoms. The molecule has 0 aliphatic carbocycles. The molecule has 0 saturated carbocycles. The maximum absolute atomic E-state index is 11.7. The predicted octanol–water partition coefficient (Wildman–Crippen LogP) is 1.46. The SMILES string of the molecule is CC(C)(CCCO)CNC(=O)CCN1CCSC1=O. The Morgan fingerprint density at radius 3 is 2.84 bits per heavy atom. The van der Waals surface area contributed by atoms with Gasteiger partial charge in [-0.05, 0) is 18.3 Å². The summed E-state index contributed by atoms with van der Waals surface area (Å²) >= 11 is 1.32. The van der Waals surface area contributed by atoms with E-state index in [9.17, 15) is 9.59 Å². The first-order valence-electron chi connectivity index (χ1n) is 6.74. The molecule has 1 heterocycles. The van der Waals surface area contributed by atoms with Crippen LogP contribution in [0, 0.1) is 5.41 Å². The van der Waals surface area contributed by atoms with E-state index < -0.39 is 0 Å². The Balaban J connectivity index is 2.18. The number of aliphatic hydroxyl groups is 1. The van der Waals surface area contributed by atoms with E-state index in [0.717, 1.165) is 25.1 Å². The molecule has 19 heavy (non-hydrogen) atoms. The van der Waals surface area contributed by atoms with Crippen LogP contribution in [0.15, 0.2) is 0 Å². The quantitative estimate of drug-likeness (QED) is 0.709. The maximum Gasteiger partial charge on any atom is 0.281 e. The Bertz CT molecular complexity index is 321. The van der Waals surface area contributed by atoms with Crippen molar-refractivity contribution in [3.05, 3.63) is 0 Å². The van der Waals surface area contributed by atoms with Gasteiger partial charge in [0.25, 0.3) is 5.24 Å². The topological polar surface area (TPSA) is 69.6 Å². The number of hydrogen-bond donors (Lipinski definition) is 2. The molecule has 0 aromatic carbocycles. The minimum atomic E-state index is -0.0122. The summed E-state index contributed by atoms with van der Waals surface area (Å²) in [5, 5.41) is 11.8. The number of amides is 2. The van der Waals surface area contributed by atoms with E-state index in [0.29, 0.717) is 19.5 Å². The van der Waals surface area contributed by atoms with Crippen molar-refractivity contribution < 1.29 is 14.7 Å². The van der Waals surface area contributed by atoms with Gasteiger partial charge in [-0.25, -0.2) is 0 Å². The summed E-state index contributed by atoms with van der Waals surface area (Å²) in [7, 11) is 0. The summed E-state index contributed by atoms with van der Waals surface area (Å²) in [6.45, 7) is 6.20. The molecule has 1 aliphatic heterocycles. The molecule has 1 aliphatic rings. The summed E-state index contributed by atoms with van der Waals surface area (Å²) in [5.41, 5.74) is -0.00228. The van der Waals surface area contributed by atoms with Crippen LogP contribution in [-0.4, -0.2) is 53.1 Å². The molecule has 1 rings (SSSR count). The molecule has 110 valence electrons. The molecule has 6 heteroatoms. The Hall–Kier alpha value is -0.750. The number of nitrogens with zero attached hydrogens (tertiary/aromatic N) is 1. The zero-order valence-electron chi connectivity index (χ0n) is 11.8. The summed E-state index contributed by atoms with van der Waals surface area (Å²) in [5.74, 6) is 0.816. The monoisotopic (exact) mass is 288 g/mol. The highest BCUT2D eigenvalue weighted by atomic mass is 32.2. The fraction of sp³-hybridized carbons (Fsp3) is 0.846. The van der Waals surface area contributed by atoms with Gasteiger partial charge in [-0.1, -0.05) is 25.6 Å². The number of thioether (sulfide) groups is 1. The summed E-state index contributed by atoms with van der Waals surface area (Å²) in [4.78, 5) is 24.8. The summed E-state index contributed by atoms with van der Waals surface area (Å²) in [6, 6.07) is 0. The Labute approximate surface area is 119 Å². The fourth-order valence-corrected chi connectivity index (χ4v) is 2.79. The number of rotatable bonds is 8. The Morgan fingerprint density at radius 2 is 2.26 bits per heavy atom. The number of aliphatic hydroxyl groups excluding tert-OH is 1. The highest BCUT2D eigenvalue weighted by Gasteiger charge is 2.22. The van der Waals surface area contributed by atoms with E-state index in [-0.39, 0.29) is 23.2 Å². The third kappa shape index (κ3) is 6.29. The van der Waals surface area contributed by atoms with Gasteiger partial charge >= 0.3 is 0 Å². The zero-order valence-corrected chi connectivity index (χ0v) is 12.6. The Morgan fingerprint density at radius 1 is 1.53 bits per heavy atom. The molecule has 2 N–H and O–H groups in total. The second-order valence-electron chi connectivity index (χ2n) is 5.62. The average molecular weight is 288 g/mol. The average Bonchev–Trinajstić information content (AvgIpc) is 2.77. The minimum absolute atomic E-state index is 0.00228. The summed E-state index contributed by atoms with van der Waals surface area (Å²) in [6.07, 6.45) is 2.00. The first kappa shape index (κ1) is 16.3. The number of hydrogen-bond acceptors (Lipinski definition) is 4. The maximum atomic E-state index is 11.7. The van der Waals surface area contributed by atoms with E-state index >= 15 is 0 Å². The van der Waals surface area contributed by atoms with Crippen molar-refractivity contribution in [3.63, 3.8) is 0 Å². The predicted molar refractivity (Wildman–Crippen MR) is 77.2 cm³/mol. The summed E-state index contributed by atoms with van der Waals surface area (Å²) < 4.78 is 0. The van der Waals surface area contributed by atoms with Crippen molar-refractivity contribution in [1.29, 1.82) is 0 Å². The van der Waals surface area contributed by atoms with Crippen molar-refractivity contribution in [1.82, 2.24) is 10.2 Å². The van der Waals surface area contributed by atoms with Gasteiger partial charge in [0.05, 0.1) is 0 Å². The van der Waals surface area contributed by atoms with Crippen LogP contribution in [0.1, 0.15) is 33.1 Å². The number of carbonyl (C=O) groups is 2. The van der Waals surface area contributed by atoms with Crippen LogP contribution in [0.3, 0.4) is 0 Å². The largest absolute Gasteiger partial charge is 0.396 e. The molecule has 5 nitrogen and oxygen atoms in total. The van der Waals surface area contributed by atoms with Gasteiger partial charge in [-0.15, -0.1) is 0 Å². The van der Waals surface area contributed by atoms with Crippen LogP contribution in [-0.2, 0) is 4.79 Å². The van der Waals surface area contributed by atoms with Crippen molar-refractivity contribution in [2.45, 2.75) is 33.1 Å². The minimum Gasteiger partial charge on any atom is -0.396 e. The Kier molecular flexibility index (Phi) is 6.65. The number of carbonyl (C=O) groups excluding carboxylic acids is 2. The van der Waals surface area contributed by atoms with E-state index in [2.05, 4.69) is 19.2 Å². The van der Waals surface area contributed by atoms with Gasteiger partial charge < -0.3 is 15.3 Å². The molecule has 2 amide bonds. The van der Waals surface area contributed by atoms with Crippen LogP contribution in [0.25, 0.3) is 0 Å². The van der Waals surface area contributed by atoms with Gasteiger partial charge in [0, 0.05) is 38.4 Å². The first-order valence-corrected chi connectivity index (χ1v) is 7.72. The van der Waals surface area contributed by atoms with Crippen molar-refractivity contribution >= 4 is 22.9 Å². The highest BCUT2D eigenvalue weighted by molar-refractivity contribution is 8.13. The molecule has 0 radical (unpaired) electrons. The lowest BCUT2D eigenvalue weighted by Gasteiger charge is -2.24. The van der Waals surface area contributed by atoms with E-state index in [4.69, 9.17) is 5.11 Å². The lowest BCUT2D eigenvalue weighted by molar-refractivity contribution is -0.121. The van der Waals surface area contributed by atoms with Gasteiger partial charge in [0.2, 0.25) is 5.91 Å². The lowest BCUT2D eigenvalue weighted by atomic mass is 9.88. The third-order valence-electron chi connectivity index (χ3n) is 3.23. The number of nitrogens with one attached hydrogen (secondary N) is 1. The molecule has 0 bridgehead atoms. The first-order chi connectivity index (χ1) is 8.94. The fourth-order valence-electron chi connectivity index (χ4n) is 1.94. The van der Waals surface area contributed by atoms with Gasteiger partial charge in [0.15, 0.2) is 0 Å². The smallest absolute Gasteiger partial charge is 0.281 e. The lowest BCUT2D eigenvalue weighted by Crippen LogP contribution is -2.36. The normalized spacial score (nSPS) is 15.9. The molecule has 0 unspecified atom stereocenters. The molecular formula is C13H24N2O3S. The molecule has 1 fully saturated rings. The van der Waals surface area contributed by atoms with Gasteiger partial charge in [-0.3, -0.25) is 9.59 Å². The molecule has 0 aromatic rings. The van der Waals surface area contributed by atoms with Crippen molar-refractivity contribution in [2.24, 2.45) is 5.41 Å². The van der Waals surface area contributed by atoms with E-state index in [1.165, 1.54) is 11.8 Å². The molecule has 0 atom stereocenters. The van der Waals surface area contributed by atoms with E-state index in [1.54, 1.807) is 4.90 Å². The van der Waals surface area contributed by atoms with Gasteiger partial charge in [-0.2, -0.15) is 0 Å². The molecule has 0 aromatic heterocycles. The van der Waals surface area contributed by atoms with Crippen molar-refractivity contribution in [3.8, 4) is 0 Å². The van der Waals surface area contributed by atoms with E-state index in [1.807, 2.05) is 0 Å². The molecular weight excluding hydrogens is 264 g/mol. The third-order valence-corrected chi connectivity index (χ3v) is 4.12. The van der Waals surface area contributed by atoms with Crippen molar-refractivity contribution in [2.75, 3.05) is 32.0 Å². The second-order valence-corrected chi connectivity index (χ2v) is 6.67. The van der Waals surface area contributed by atoms with Crippen LogP contribution in [0.5, 0.6) is 0 Å². The highest BCUT2D eigenvalue weighted by Crippen LogP contribution is 2.21.